The van der Waals surface area contributed by atoms with Crippen molar-refractivity contribution in [3.63, 3.8) is 0 Å². The highest BCUT2D eigenvalue weighted by molar-refractivity contribution is 7.85. The van der Waals surface area contributed by atoms with Crippen LogP contribution in [-0.4, -0.2) is 45.2 Å². The van der Waals surface area contributed by atoms with Crippen molar-refractivity contribution in [1.82, 2.24) is 9.88 Å². The van der Waals surface area contributed by atoms with Crippen molar-refractivity contribution in [2.75, 3.05) is 36.5 Å². The Morgan fingerprint density at radius 1 is 1.47 bits per heavy atom. The van der Waals surface area contributed by atoms with E-state index in [1.54, 1.807) is 0 Å². The largest absolute Gasteiger partial charge is 0.370 e. The molecule has 1 fully saturated rings. The predicted molar refractivity (Wildman–Crippen MR) is 71.6 cm³/mol. The number of pyridine rings is 1. The summed E-state index contributed by atoms with van der Waals surface area (Å²) < 4.78 is 11.3. The monoisotopic (exact) mass is 253 g/mol. The van der Waals surface area contributed by atoms with Gasteiger partial charge in [0.15, 0.2) is 0 Å². The maximum Gasteiger partial charge on any atom is 0.126 e. The Morgan fingerprint density at radius 2 is 2.24 bits per heavy atom. The average Bonchev–Trinajstić information content (AvgIpc) is 2.33. The van der Waals surface area contributed by atoms with Crippen molar-refractivity contribution < 1.29 is 4.21 Å². The third-order valence-corrected chi connectivity index (χ3v) is 4.13. The molecule has 17 heavy (non-hydrogen) atoms. The van der Waals surface area contributed by atoms with E-state index in [9.17, 15) is 4.21 Å². The van der Waals surface area contributed by atoms with Crippen molar-refractivity contribution >= 4 is 16.6 Å². The lowest BCUT2D eigenvalue weighted by atomic mass is 10.2. The number of nitrogens with zero attached hydrogens (tertiary/aromatic N) is 2. The lowest BCUT2D eigenvalue weighted by Crippen LogP contribution is -2.37. The second-order valence-electron chi connectivity index (χ2n) is 4.20. The van der Waals surface area contributed by atoms with Crippen molar-refractivity contribution in [2.45, 2.75) is 13.5 Å². The first-order valence-corrected chi connectivity index (χ1v) is 7.53. The molecule has 94 valence electrons. The van der Waals surface area contributed by atoms with Crippen LogP contribution in [0.4, 0.5) is 5.82 Å². The number of hydrogen-bond donors (Lipinski definition) is 1. The van der Waals surface area contributed by atoms with Crippen molar-refractivity contribution in [2.24, 2.45) is 0 Å². The first-order valence-electron chi connectivity index (χ1n) is 6.04. The minimum atomic E-state index is -0.593. The van der Waals surface area contributed by atoms with Crippen molar-refractivity contribution in [3.8, 4) is 0 Å². The summed E-state index contributed by atoms with van der Waals surface area (Å²) >= 11 is 0. The Morgan fingerprint density at radius 3 is 2.94 bits per heavy atom. The SMILES string of the molecule is CCNc1cc(CN2CCS(=O)CC2)ccn1. The van der Waals surface area contributed by atoms with E-state index in [0.717, 1.165) is 43.5 Å². The maximum absolute atomic E-state index is 11.3. The normalized spacial score (nSPS) is 18.2. The summed E-state index contributed by atoms with van der Waals surface area (Å²) in [4.78, 5) is 6.61. The topological polar surface area (TPSA) is 45.2 Å². The molecule has 1 aliphatic rings. The molecule has 5 heteroatoms. The van der Waals surface area contributed by atoms with Gasteiger partial charge in [0, 0.05) is 54.7 Å². The second kappa shape index (κ2) is 6.12. The van der Waals surface area contributed by atoms with Gasteiger partial charge >= 0.3 is 0 Å². The molecule has 0 aliphatic carbocycles. The highest BCUT2D eigenvalue weighted by Gasteiger charge is 2.15. The van der Waals surface area contributed by atoms with E-state index in [-0.39, 0.29) is 0 Å². The Balaban J connectivity index is 1.93. The Hall–Kier alpha value is -0.940. The first-order chi connectivity index (χ1) is 8.28. The number of nitrogens with one attached hydrogen (secondary N) is 1. The van der Waals surface area contributed by atoms with Gasteiger partial charge in [-0.3, -0.25) is 9.11 Å². The van der Waals surface area contributed by atoms with Crippen molar-refractivity contribution in [1.29, 1.82) is 0 Å². The summed E-state index contributed by atoms with van der Waals surface area (Å²) in [5, 5.41) is 3.21. The molecule has 1 N–H and O–H groups in total. The number of rotatable bonds is 4. The zero-order valence-corrected chi connectivity index (χ0v) is 11.0. The molecule has 1 aromatic rings. The fourth-order valence-corrected chi connectivity index (χ4v) is 3.07. The van der Waals surface area contributed by atoms with E-state index >= 15 is 0 Å². The van der Waals surface area contributed by atoms with Crippen LogP contribution in [0.2, 0.25) is 0 Å². The molecule has 1 aliphatic heterocycles. The van der Waals surface area contributed by atoms with Gasteiger partial charge in [-0.25, -0.2) is 4.98 Å². The minimum absolute atomic E-state index is 0.593. The van der Waals surface area contributed by atoms with Gasteiger partial charge in [0.25, 0.3) is 0 Å². The predicted octanol–water partition coefficient (Wildman–Crippen LogP) is 1.08. The van der Waals surface area contributed by atoms with Gasteiger partial charge < -0.3 is 5.32 Å². The van der Waals surface area contributed by atoms with E-state index in [1.807, 2.05) is 12.3 Å². The van der Waals surface area contributed by atoms with Crippen LogP contribution >= 0.6 is 0 Å². The van der Waals surface area contributed by atoms with Gasteiger partial charge in [0.1, 0.15) is 5.82 Å². The van der Waals surface area contributed by atoms with E-state index in [0.29, 0.717) is 0 Å². The third kappa shape index (κ3) is 3.78. The van der Waals surface area contributed by atoms with Crippen molar-refractivity contribution in [3.05, 3.63) is 23.9 Å². The van der Waals surface area contributed by atoms with Crippen LogP contribution in [-0.2, 0) is 17.3 Å². The van der Waals surface area contributed by atoms with Gasteiger partial charge in [0.2, 0.25) is 0 Å². The highest BCUT2D eigenvalue weighted by Crippen LogP contribution is 2.11. The minimum Gasteiger partial charge on any atom is -0.370 e. The zero-order chi connectivity index (χ0) is 12.1. The second-order valence-corrected chi connectivity index (χ2v) is 5.90. The summed E-state index contributed by atoms with van der Waals surface area (Å²) in [6.45, 7) is 5.75. The molecule has 0 spiro atoms. The van der Waals surface area contributed by atoms with Crippen LogP contribution < -0.4 is 5.32 Å². The van der Waals surface area contributed by atoms with E-state index in [1.165, 1.54) is 5.56 Å². The first kappa shape index (κ1) is 12.5. The fraction of sp³-hybridized carbons (Fsp3) is 0.583. The Labute approximate surface area is 105 Å². The van der Waals surface area contributed by atoms with Gasteiger partial charge in [-0.05, 0) is 24.6 Å². The van der Waals surface area contributed by atoms with Crippen LogP contribution in [0.3, 0.4) is 0 Å². The smallest absolute Gasteiger partial charge is 0.126 e. The van der Waals surface area contributed by atoms with Gasteiger partial charge in [-0.15, -0.1) is 0 Å². The molecular weight excluding hydrogens is 234 g/mol. The summed E-state index contributed by atoms with van der Waals surface area (Å²) in [5.41, 5.74) is 1.27. The van der Waals surface area contributed by atoms with Crippen LogP contribution in [0.5, 0.6) is 0 Å². The maximum atomic E-state index is 11.3. The molecule has 0 radical (unpaired) electrons. The molecule has 0 saturated carbocycles. The van der Waals surface area contributed by atoms with Crippen LogP contribution in [0.25, 0.3) is 0 Å². The molecule has 1 saturated heterocycles. The van der Waals surface area contributed by atoms with Crippen LogP contribution in [0.1, 0.15) is 12.5 Å². The molecule has 0 bridgehead atoms. The molecule has 0 unspecified atom stereocenters. The lowest BCUT2D eigenvalue weighted by molar-refractivity contribution is 0.291. The molecule has 0 aromatic carbocycles. The Kier molecular flexibility index (Phi) is 4.50. The van der Waals surface area contributed by atoms with E-state index < -0.39 is 10.8 Å². The standard InChI is InChI=1S/C12H19N3OS/c1-2-13-12-9-11(3-4-14-12)10-15-5-7-17(16)8-6-15/h3-4,9H,2,5-8,10H2,1H3,(H,13,14). The van der Waals surface area contributed by atoms with Gasteiger partial charge in [-0.2, -0.15) is 0 Å². The number of aromatic nitrogens is 1. The molecular formula is C12H19N3OS. The highest BCUT2D eigenvalue weighted by atomic mass is 32.2. The summed E-state index contributed by atoms with van der Waals surface area (Å²) in [7, 11) is -0.593. The van der Waals surface area contributed by atoms with Gasteiger partial charge in [-0.1, -0.05) is 0 Å². The average molecular weight is 253 g/mol. The summed E-state index contributed by atoms with van der Waals surface area (Å²) in [6, 6.07) is 4.14. The zero-order valence-electron chi connectivity index (χ0n) is 10.2. The van der Waals surface area contributed by atoms with Crippen LogP contribution in [0, 0.1) is 0 Å². The Bertz CT molecular complexity index is 387. The van der Waals surface area contributed by atoms with E-state index in [4.69, 9.17) is 0 Å². The fourth-order valence-electron chi connectivity index (χ4n) is 1.94. The third-order valence-electron chi connectivity index (χ3n) is 2.86. The molecule has 2 heterocycles. The van der Waals surface area contributed by atoms with Gasteiger partial charge in [0.05, 0.1) is 0 Å². The molecule has 4 nitrogen and oxygen atoms in total. The molecule has 1 aromatic heterocycles. The number of anilines is 1. The quantitative estimate of drug-likeness (QED) is 0.872. The molecule has 2 rings (SSSR count). The molecule has 0 amide bonds. The van der Waals surface area contributed by atoms with E-state index in [2.05, 4.69) is 28.2 Å². The van der Waals surface area contributed by atoms with Crippen LogP contribution in [0.15, 0.2) is 18.3 Å². The lowest BCUT2D eigenvalue weighted by Gasteiger charge is -2.26. The number of hydrogen-bond acceptors (Lipinski definition) is 4. The summed E-state index contributed by atoms with van der Waals surface area (Å²) in [6.07, 6.45) is 1.84. The molecule has 0 atom stereocenters. The summed E-state index contributed by atoms with van der Waals surface area (Å²) in [5.74, 6) is 2.56.